The normalized spacial score (nSPS) is 11.8. The molecule has 1 aromatic carbocycles. The van der Waals surface area contributed by atoms with Gasteiger partial charge in [0.25, 0.3) is 0 Å². The van der Waals surface area contributed by atoms with Gasteiger partial charge in [0.15, 0.2) is 0 Å². The second kappa shape index (κ2) is 4.76. The van der Waals surface area contributed by atoms with Crippen LogP contribution in [0.15, 0.2) is 34.9 Å². The van der Waals surface area contributed by atoms with Crippen LogP contribution < -0.4 is 0 Å². The van der Waals surface area contributed by atoms with Crippen LogP contribution in [0.4, 0.5) is 13.2 Å². The Hall–Kier alpha value is -1.30. The van der Waals surface area contributed by atoms with Crippen molar-refractivity contribution in [2.45, 2.75) is 19.6 Å². The third-order valence-electron chi connectivity index (χ3n) is 2.56. The van der Waals surface area contributed by atoms with E-state index in [2.05, 4.69) is 21.0 Å². The first kappa shape index (κ1) is 13.1. The highest BCUT2D eigenvalue weighted by Crippen LogP contribution is 2.29. The molecule has 2 rings (SSSR count). The minimum absolute atomic E-state index is 0.454. The number of hydrogen-bond donors (Lipinski definition) is 0. The van der Waals surface area contributed by atoms with E-state index in [0.29, 0.717) is 11.1 Å². The number of hydrogen-bond acceptors (Lipinski definition) is 1. The third kappa shape index (κ3) is 2.93. The van der Waals surface area contributed by atoms with Crippen LogP contribution in [0.2, 0.25) is 0 Å². The number of benzene rings is 1. The average molecular weight is 319 g/mol. The standard InChI is InChI=1S/C12H10BrF3N2/c1-8-6-11(13)17-18(8)7-9-2-4-10(5-3-9)12(14,15)16/h2-6H,7H2,1H3. The van der Waals surface area contributed by atoms with Gasteiger partial charge < -0.3 is 0 Å². The van der Waals surface area contributed by atoms with Crippen molar-refractivity contribution in [3.63, 3.8) is 0 Å². The molecule has 2 nitrogen and oxygen atoms in total. The number of rotatable bonds is 2. The fraction of sp³-hybridized carbons (Fsp3) is 0.250. The van der Waals surface area contributed by atoms with E-state index in [-0.39, 0.29) is 0 Å². The molecule has 0 aliphatic carbocycles. The molecule has 2 aromatic rings. The summed E-state index contributed by atoms with van der Waals surface area (Å²) in [6, 6.07) is 6.96. The van der Waals surface area contributed by atoms with Crippen LogP contribution in [-0.4, -0.2) is 9.78 Å². The lowest BCUT2D eigenvalue weighted by atomic mass is 10.1. The van der Waals surface area contributed by atoms with E-state index >= 15 is 0 Å². The highest BCUT2D eigenvalue weighted by molar-refractivity contribution is 9.10. The van der Waals surface area contributed by atoms with Gasteiger partial charge in [0.05, 0.1) is 12.1 Å². The Morgan fingerprint density at radius 3 is 2.28 bits per heavy atom. The van der Waals surface area contributed by atoms with Gasteiger partial charge in [0.2, 0.25) is 0 Å². The molecule has 0 N–H and O–H groups in total. The summed E-state index contributed by atoms with van der Waals surface area (Å²) >= 11 is 3.25. The van der Waals surface area contributed by atoms with Crippen LogP contribution in [0, 0.1) is 6.92 Å². The molecule has 0 unspecified atom stereocenters. The van der Waals surface area contributed by atoms with Gasteiger partial charge in [-0.1, -0.05) is 12.1 Å². The number of nitrogens with zero attached hydrogens (tertiary/aromatic N) is 2. The van der Waals surface area contributed by atoms with Crippen molar-refractivity contribution >= 4 is 15.9 Å². The Kier molecular flexibility index (Phi) is 3.47. The van der Waals surface area contributed by atoms with Crippen molar-refractivity contribution in [2.75, 3.05) is 0 Å². The average Bonchev–Trinajstić information content (AvgIpc) is 2.57. The monoisotopic (exact) mass is 318 g/mol. The Bertz CT molecular complexity index is 543. The summed E-state index contributed by atoms with van der Waals surface area (Å²) in [5, 5.41) is 4.19. The lowest BCUT2D eigenvalue weighted by molar-refractivity contribution is -0.137. The zero-order chi connectivity index (χ0) is 13.3. The Morgan fingerprint density at radius 1 is 1.22 bits per heavy atom. The summed E-state index contributed by atoms with van der Waals surface area (Å²) in [4.78, 5) is 0. The van der Waals surface area contributed by atoms with Crippen molar-refractivity contribution in [3.05, 3.63) is 51.8 Å². The SMILES string of the molecule is Cc1cc(Br)nn1Cc1ccc(C(F)(F)F)cc1. The van der Waals surface area contributed by atoms with Gasteiger partial charge in [-0.2, -0.15) is 18.3 Å². The molecule has 0 fully saturated rings. The maximum atomic E-state index is 12.4. The zero-order valence-electron chi connectivity index (χ0n) is 9.50. The molecule has 0 bridgehead atoms. The summed E-state index contributed by atoms with van der Waals surface area (Å²) in [5.74, 6) is 0. The highest BCUT2D eigenvalue weighted by Gasteiger charge is 2.29. The van der Waals surface area contributed by atoms with E-state index in [1.165, 1.54) is 12.1 Å². The molecule has 0 atom stereocenters. The number of aryl methyl sites for hydroxylation is 1. The molecule has 0 aliphatic rings. The van der Waals surface area contributed by atoms with E-state index in [1.807, 2.05) is 13.0 Å². The van der Waals surface area contributed by atoms with Crippen LogP contribution in [-0.2, 0) is 12.7 Å². The summed E-state index contributed by atoms with van der Waals surface area (Å²) in [6.45, 7) is 2.34. The first-order valence-corrected chi connectivity index (χ1v) is 6.01. The van der Waals surface area contributed by atoms with Gasteiger partial charge in [-0.3, -0.25) is 4.68 Å². The topological polar surface area (TPSA) is 17.8 Å². The van der Waals surface area contributed by atoms with Crippen LogP contribution in [0.25, 0.3) is 0 Å². The van der Waals surface area contributed by atoms with Gasteiger partial charge in [0.1, 0.15) is 4.60 Å². The first-order valence-electron chi connectivity index (χ1n) is 5.22. The lowest BCUT2D eigenvalue weighted by Gasteiger charge is -2.08. The lowest BCUT2D eigenvalue weighted by Crippen LogP contribution is -2.06. The molecule has 96 valence electrons. The van der Waals surface area contributed by atoms with E-state index in [9.17, 15) is 13.2 Å². The summed E-state index contributed by atoms with van der Waals surface area (Å²) in [5.41, 5.74) is 1.09. The second-order valence-corrected chi connectivity index (χ2v) is 4.77. The fourth-order valence-corrected chi connectivity index (χ4v) is 2.12. The molecule has 1 aromatic heterocycles. The molecular weight excluding hydrogens is 309 g/mol. The molecule has 1 heterocycles. The van der Waals surface area contributed by atoms with E-state index in [4.69, 9.17) is 0 Å². The maximum Gasteiger partial charge on any atom is 0.416 e. The molecule has 18 heavy (non-hydrogen) atoms. The van der Waals surface area contributed by atoms with Crippen LogP contribution in [0.5, 0.6) is 0 Å². The number of aromatic nitrogens is 2. The van der Waals surface area contributed by atoms with Crippen LogP contribution >= 0.6 is 15.9 Å². The van der Waals surface area contributed by atoms with E-state index in [1.54, 1.807) is 4.68 Å². The van der Waals surface area contributed by atoms with Crippen molar-refractivity contribution in [3.8, 4) is 0 Å². The first-order chi connectivity index (χ1) is 8.36. The van der Waals surface area contributed by atoms with Gasteiger partial charge in [-0.05, 0) is 46.6 Å². The second-order valence-electron chi connectivity index (χ2n) is 3.96. The van der Waals surface area contributed by atoms with Crippen LogP contribution in [0.1, 0.15) is 16.8 Å². The quantitative estimate of drug-likeness (QED) is 0.817. The summed E-state index contributed by atoms with van der Waals surface area (Å²) in [6.07, 6.45) is -4.29. The Labute approximate surface area is 111 Å². The predicted molar refractivity (Wildman–Crippen MR) is 65.2 cm³/mol. The van der Waals surface area contributed by atoms with E-state index in [0.717, 1.165) is 23.4 Å². The van der Waals surface area contributed by atoms with Crippen molar-refractivity contribution in [1.29, 1.82) is 0 Å². The zero-order valence-corrected chi connectivity index (χ0v) is 11.1. The van der Waals surface area contributed by atoms with Gasteiger partial charge in [-0.25, -0.2) is 0 Å². The number of alkyl halides is 3. The van der Waals surface area contributed by atoms with Crippen molar-refractivity contribution < 1.29 is 13.2 Å². The Balaban J connectivity index is 2.18. The molecular formula is C12H10BrF3N2. The highest BCUT2D eigenvalue weighted by atomic mass is 79.9. The minimum Gasteiger partial charge on any atom is -0.264 e. The molecule has 0 amide bonds. The van der Waals surface area contributed by atoms with Gasteiger partial charge in [-0.15, -0.1) is 0 Å². The largest absolute Gasteiger partial charge is 0.416 e. The molecule has 0 saturated carbocycles. The molecule has 0 spiro atoms. The predicted octanol–water partition coefficient (Wildman–Crippen LogP) is 4.02. The third-order valence-corrected chi connectivity index (χ3v) is 2.95. The van der Waals surface area contributed by atoms with Crippen molar-refractivity contribution in [2.24, 2.45) is 0 Å². The molecule has 6 heteroatoms. The van der Waals surface area contributed by atoms with Crippen LogP contribution in [0.3, 0.4) is 0 Å². The molecule has 0 saturated heterocycles. The molecule has 0 radical (unpaired) electrons. The Morgan fingerprint density at radius 2 is 1.83 bits per heavy atom. The van der Waals surface area contributed by atoms with E-state index < -0.39 is 11.7 Å². The maximum absolute atomic E-state index is 12.4. The van der Waals surface area contributed by atoms with Gasteiger partial charge in [0, 0.05) is 5.69 Å². The smallest absolute Gasteiger partial charge is 0.264 e. The fourth-order valence-electron chi connectivity index (χ4n) is 1.60. The summed E-state index contributed by atoms with van der Waals surface area (Å²) < 4.78 is 39.6. The van der Waals surface area contributed by atoms with Crippen molar-refractivity contribution in [1.82, 2.24) is 9.78 Å². The van der Waals surface area contributed by atoms with Gasteiger partial charge >= 0.3 is 6.18 Å². The number of halogens is 4. The summed E-state index contributed by atoms with van der Waals surface area (Å²) in [7, 11) is 0. The minimum atomic E-state index is -4.29. The molecule has 0 aliphatic heterocycles.